The molecule has 1 heterocycles. The van der Waals surface area contributed by atoms with Crippen LogP contribution >= 0.6 is 15.9 Å². The Hall–Kier alpha value is -0.940. The van der Waals surface area contributed by atoms with E-state index in [0.29, 0.717) is 5.69 Å². The topological polar surface area (TPSA) is 62.2 Å². The number of aliphatic hydroxyl groups excluding tert-OH is 1. The zero-order chi connectivity index (χ0) is 10.4. The van der Waals surface area contributed by atoms with Crippen LogP contribution in [0, 0.1) is 0 Å². The average Bonchev–Trinajstić information content (AvgIpc) is 2.18. The van der Waals surface area contributed by atoms with Crippen molar-refractivity contribution in [3.63, 3.8) is 0 Å². The molecule has 0 aliphatic carbocycles. The molecule has 1 aromatic rings. The van der Waals surface area contributed by atoms with Gasteiger partial charge in [-0.15, -0.1) is 0 Å². The van der Waals surface area contributed by atoms with Crippen LogP contribution in [0.3, 0.4) is 0 Å². The van der Waals surface area contributed by atoms with E-state index >= 15 is 0 Å². The fraction of sp³-hybridized carbons (Fsp3) is 0.333. The van der Waals surface area contributed by atoms with E-state index in [1.807, 2.05) is 6.07 Å². The van der Waals surface area contributed by atoms with Gasteiger partial charge < -0.3 is 10.4 Å². The average molecular weight is 259 g/mol. The molecule has 76 valence electrons. The van der Waals surface area contributed by atoms with E-state index in [-0.39, 0.29) is 25.5 Å². The molecule has 0 spiro atoms. The fourth-order valence-electron chi connectivity index (χ4n) is 0.933. The maximum absolute atomic E-state index is 11.2. The van der Waals surface area contributed by atoms with Crippen LogP contribution in [0.1, 0.15) is 5.69 Å². The molecule has 0 aliphatic rings. The van der Waals surface area contributed by atoms with Crippen molar-refractivity contribution < 1.29 is 9.90 Å². The zero-order valence-electron chi connectivity index (χ0n) is 7.53. The van der Waals surface area contributed by atoms with E-state index in [1.54, 1.807) is 12.3 Å². The molecule has 1 rings (SSSR count). The lowest BCUT2D eigenvalue weighted by Gasteiger charge is -2.02. The van der Waals surface area contributed by atoms with Gasteiger partial charge in [0.2, 0.25) is 5.91 Å². The molecular formula is C9H11BrN2O2. The van der Waals surface area contributed by atoms with Crippen LogP contribution in [0.4, 0.5) is 0 Å². The normalized spacial score (nSPS) is 9.86. The number of hydrogen-bond acceptors (Lipinski definition) is 3. The van der Waals surface area contributed by atoms with Gasteiger partial charge in [0.15, 0.2) is 0 Å². The molecule has 0 saturated heterocycles. The lowest BCUT2D eigenvalue weighted by Crippen LogP contribution is -2.28. The standard InChI is InChI=1S/C9H11BrN2O2/c10-7-1-2-8(12-6-7)5-9(14)11-3-4-13/h1-2,6,13H,3-5H2,(H,11,14). The Morgan fingerprint density at radius 1 is 1.57 bits per heavy atom. The second-order valence-electron chi connectivity index (χ2n) is 2.72. The van der Waals surface area contributed by atoms with Gasteiger partial charge in [-0.2, -0.15) is 0 Å². The van der Waals surface area contributed by atoms with Gasteiger partial charge >= 0.3 is 0 Å². The van der Waals surface area contributed by atoms with Gasteiger partial charge in [0.25, 0.3) is 0 Å². The van der Waals surface area contributed by atoms with Crippen LogP contribution in [-0.2, 0) is 11.2 Å². The predicted molar refractivity (Wildman–Crippen MR) is 55.7 cm³/mol. The summed E-state index contributed by atoms with van der Waals surface area (Å²) in [4.78, 5) is 15.2. The Morgan fingerprint density at radius 3 is 2.93 bits per heavy atom. The Balaban J connectivity index is 2.44. The van der Waals surface area contributed by atoms with Crippen molar-refractivity contribution >= 4 is 21.8 Å². The Kier molecular flexibility index (Phi) is 4.55. The third-order valence-corrected chi connectivity index (χ3v) is 2.03. The molecule has 0 atom stereocenters. The number of rotatable bonds is 4. The minimum Gasteiger partial charge on any atom is -0.395 e. The Bertz CT molecular complexity index is 300. The summed E-state index contributed by atoms with van der Waals surface area (Å²) in [5.41, 5.74) is 0.712. The zero-order valence-corrected chi connectivity index (χ0v) is 9.12. The molecule has 0 aromatic carbocycles. The first-order valence-electron chi connectivity index (χ1n) is 4.20. The van der Waals surface area contributed by atoms with Crippen LogP contribution in [0.15, 0.2) is 22.8 Å². The minimum absolute atomic E-state index is 0.0422. The quantitative estimate of drug-likeness (QED) is 0.827. The number of hydrogen-bond donors (Lipinski definition) is 2. The van der Waals surface area contributed by atoms with Crippen LogP contribution in [0.25, 0.3) is 0 Å². The molecule has 14 heavy (non-hydrogen) atoms. The van der Waals surface area contributed by atoms with Crippen LogP contribution in [0.5, 0.6) is 0 Å². The van der Waals surface area contributed by atoms with Gasteiger partial charge in [-0.1, -0.05) is 0 Å². The number of nitrogens with zero attached hydrogens (tertiary/aromatic N) is 1. The summed E-state index contributed by atoms with van der Waals surface area (Å²) in [5, 5.41) is 11.0. The third-order valence-electron chi connectivity index (χ3n) is 1.56. The number of aliphatic hydroxyl groups is 1. The van der Waals surface area contributed by atoms with Crippen molar-refractivity contribution in [2.45, 2.75) is 6.42 Å². The van der Waals surface area contributed by atoms with Gasteiger partial charge in [-0.3, -0.25) is 9.78 Å². The van der Waals surface area contributed by atoms with Gasteiger partial charge in [-0.05, 0) is 28.1 Å². The summed E-state index contributed by atoms with van der Waals surface area (Å²) >= 11 is 3.26. The summed E-state index contributed by atoms with van der Waals surface area (Å²) in [5.74, 6) is -0.131. The number of aromatic nitrogens is 1. The van der Waals surface area contributed by atoms with Crippen molar-refractivity contribution in [3.8, 4) is 0 Å². The molecule has 2 N–H and O–H groups in total. The summed E-state index contributed by atoms with van der Waals surface area (Å²) in [6, 6.07) is 3.62. The van der Waals surface area contributed by atoms with Gasteiger partial charge in [0.05, 0.1) is 13.0 Å². The Morgan fingerprint density at radius 2 is 2.36 bits per heavy atom. The lowest BCUT2D eigenvalue weighted by molar-refractivity contribution is -0.120. The van der Waals surface area contributed by atoms with Gasteiger partial charge in [0, 0.05) is 22.9 Å². The molecule has 0 radical (unpaired) electrons. The molecular weight excluding hydrogens is 248 g/mol. The molecule has 0 unspecified atom stereocenters. The number of carbonyl (C=O) groups excluding carboxylic acids is 1. The van der Waals surface area contributed by atoms with Crippen LogP contribution < -0.4 is 5.32 Å². The minimum atomic E-state index is -0.131. The second-order valence-corrected chi connectivity index (χ2v) is 3.63. The van der Waals surface area contributed by atoms with E-state index in [1.165, 1.54) is 0 Å². The SMILES string of the molecule is O=C(Cc1ccc(Br)cn1)NCCO. The Labute approximate surface area is 90.5 Å². The summed E-state index contributed by atoms with van der Waals surface area (Å²) in [6.45, 7) is 0.245. The van der Waals surface area contributed by atoms with Crippen molar-refractivity contribution in [1.82, 2.24) is 10.3 Å². The molecule has 5 heteroatoms. The van der Waals surface area contributed by atoms with Crippen molar-refractivity contribution in [1.29, 1.82) is 0 Å². The molecule has 4 nitrogen and oxygen atoms in total. The predicted octanol–water partition coefficient (Wildman–Crippen LogP) is 0.495. The van der Waals surface area contributed by atoms with E-state index in [4.69, 9.17) is 5.11 Å². The third kappa shape index (κ3) is 3.85. The summed E-state index contributed by atoms with van der Waals surface area (Å²) in [6.07, 6.45) is 1.89. The van der Waals surface area contributed by atoms with E-state index in [9.17, 15) is 4.79 Å². The largest absolute Gasteiger partial charge is 0.395 e. The van der Waals surface area contributed by atoms with Crippen molar-refractivity contribution in [2.24, 2.45) is 0 Å². The maximum Gasteiger partial charge on any atom is 0.226 e. The van der Waals surface area contributed by atoms with Gasteiger partial charge in [0.1, 0.15) is 0 Å². The van der Waals surface area contributed by atoms with E-state index < -0.39 is 0 Å². The molecule has 1 aromatic heterocycles. The van der Waals surface area contributed by atoms with Crippen molar-refractivity contribution in [3.05, 3.63) is 28.5 Å². The highest BCUT2D eigenvalue weighted by molar-refractivity contribution is 9.10. The number of halogens is 1. The fourth-order valence-corrected chi connectivity index (χ4v) is 1.17. The van der Waals surface area contributed by atoms with Crippen LogP contribution in [0.2, 0.25) is 0 Å². The first-order valence-corrected chi connectivity index (χ1v) is 4.99. The molecule has 0 saturated carbocycles. The van der Waals surface area contributed by atoms with Gasteiger partial charge in [-0.25, -0.2) is 0 Å². The smallest absolute Gasteiger partial charge is 0.226 e. The highest BCUT2D eigenvalue weighted by Crippen LogP contribution is 2.07. The molecule has 1 amide bonds. The maximum atomic E-state index is 11.2. The molecule has 0 bridgehead atoms. The van der Waals surface area contributed by atoms with Crippen LogP contribution in [-0.4, -0.2) is 29.1 Å². The number of nitrogens with one attached hydrogen (secondary N) is 1. The number of pyridine rings is 1. The second kappa shape index (κ2) is 5.72. The van der Waals surface area contributed by atoms with E-state index in [0.717, 1.165) is 4.47 Å². The summed E-state index contributed by atoms with van der Waals surface area (Å²) < 4.78 is 0.886. The first kappa shape index (κ1) is 11.1. The number of carbonyl (C=O) groups is 1. The molecule has 0 fully saturated rings. The number of amides is 1. The highest BCUT2D eigenvalue weighted by Gasteiger charge is 2.02. The highest BCUT2D eigenvalue weighted by atomic mass is 79.9. The lowest BCUT2D eigenvalue weighted by atomic mass is 10.2. The van der Waals surface area contributed by atoms with E-state index in [2.05, 4.69) is 26.2 Å². The molecule has 0 aliphatic heterocycles. The first-order chi connectivity index (χ1) is 6.72. The summed E-state index contributed by atoms with van der Waals surface area (Å²) in [7, 11) is 0. The van der Waals surface area contributed by atoms with Crippen molar-refractivity contribution in [2.75, 3.05) is 13.2 Å². The monoisotopic (exact) mass is 258 g/mol.